The van der Waals surface area contributed by atoms with E-state index in [0.29, 0.717) is 12.0 Å². The monoisotopic (exact) mass is 255 g/mol. The first-order valence-corrected chi connectivity index (χ1v) is 7.30. The molecule has 0 aromatic heterocycles. The van der Waals surface area contributed by atoms with Gasteiger partial charge in [0.05, 0.1) is 6.61 Å². The summed E-state index contributed by atoms with van der Waals surface area (Å²) in [4.78, 5) is 14.2. The van der Waals surface area contributed by atoms with Crippen LogP contribution in [0.1, 0.15) is 53.9 Å². The van der Waals surface area contributed by atoms with Crippen LogP contribution in [0.5, 0.6) is 0 Å². The highest BCUT2D eigenvalue weighted by atomic mass is 16.5. The topological polar surface area (TPSA) is 29.5 Å². The first-order chi connectivity index (χ1) is 8.40. The summed E-state index contributed by atoms with van der Waals surface area (Å²) < 4.78 is 5.16. The lowest BCUT2D eigenvalue weighted by molar-refractivity contribution is -0.150. The molecule has 1 atom stereocenters. The molecule has 1 aliphatic heterocycles. The SMILES string of the molecule is CCOC(=O)C(CC)N1CCC(C(C)(C)C)CC1. The lowest BCUT2D eigenvalue weighted by atomic mass is 9.75. The van der Waals surface area contributed by atoms with E-state index in [0.717, 1.165) is 25.4 Å². The molecule has 3 nitrogen and oxygen atoms in total. The minimum atomic E-state index is -0.0470. The highest BCUT2D eigenvalue weighted by Crippen LogP contribution is 2.34. The Labute approximate surface area is 112 Å². The molecule has 0 saturated carbocycles. The molecule has 106 valence electrons. The molecule has 0 bridgehead atoms. The molecule has 18 heavy (non-hydrogen) atoms. The van der Waals surface area contributed by atoms with Gasteiger partial charge >= 0.3 is 5.97 Å². The van der Waals surface area contributed by atoms with Gasteiger partial charge < -0.3 is 4.74 Å². The second-order valence-electron chi connectivity index (χ2n) is 6.35. The average Bonchev–Trinajstić information content (AvgIpc) is 2.30. The fourth-order valence-corrected chi connectivity index (χ4v) is 2.89. The number of esters is 1. The van der Waals surface area contributed by atoms with Crippen molar-refractivity contribution in [2.75, 3.05) is 19.7 Å². The molecule has 1 saturated heterocycles. The van der Waals surface area contributed by atoms with Crippen LogP contribution in [0.4, 0.5) is 0 Å². The molecular formula is C15H29NO2. The molecule has 0 amide bonds. The van der Waals surface area contributed by atoms with E-state index in [9.17, 15) is 4.79 Å². The number of likely N-dealkylation sites (tertiary alicyclic amines) is 1. The highest BCUT2D eigenvalue weighted by Gasteiger charge is 2.33. The maximum atomic E-state index is 11.9. The Morgan fingerprint density at radius 1 is 1.28 bits per heavy atom. The summed E-state index contributed by atoms with van der Waals surface area (Å²) in [6, 6.07) is -0.0362. The van der Waals surface area contributed by atoms with Crippen LogP contribution in [0.25, 0.3) is 0 Å². The van der Waals surface area contributed by atoms with Crippen molar-refractivity contribution in [1.29, 1.82) is 0 Å². The molecule has 0 spiro atoms. The van der Waals surface area contributed by atoms with Crippen molar-refractivity contribution in [2.45, 2.75) is 59.9 Å². The molecule has 0 aliphatic carbocycles. The van der Waals surface area contributed by atoms with Crippen LogP contribution in [0, 0.1) is 11.3 Å². The lowest BCUT2D eigenvalue weighted by Crippen LogP contribution is -2.47. The maximum Gasteiger partial charge on any atom is 0.323 e. The van der Waals surface area contributed by atoms with E-state index < -0.39 is 0 Å². The van der Waals surface area contributed by atoms with Crippen LogP contribution in [0.15, 0.2) is 0 Å². The standard InChI is InChI=1S/C15H29NO2/c1-6-13(14(17)18-7-2)16-10-8-12(9-11-16)15(3,4)5/h12-13H,6-11H2,1-5H3. The first-order valence-electron chi connectivity index (χ1n) is 7.30. The van der Waals surface area contributed by atoms with Crippen molar-refractivity contribution in [3.8, 4) is 0 Å². The number of rotatable bonds is 4. The third-order valence-corrected chi connectivity index (χ3v) is 4.14. The highest BCUT2D eigenvalue weighted by molar-refractivity contribution is 5.75. The summed E-state index contributed by atoms with van der Waals surface area (Å²) in [5.74, 6) is 0.725. The fraction of sp³-hybridized carbons (Fsp3) is 0.933. The number of carbonyl (C=O) groups is 1. The summed E-state index contributed by atoms with van der Waals surface area (Å²) in [5.41, 5.74) is 0.387. The van der Waals surface area contributed by atoms with Crippen molar-refractivity contribution in [1.82, 2.24) is 4.90 Å². The van der Waals surface area contributed by atoms with Crippen molar-refractivity contribution in [2.24, 2.45) is 11.3 Å². The minimum Gasteiger partial charge on any atom is -0.465 e. The van der Waals surface area contributed by atoms with E-state index in [1.165, 1.54) is 12.8 Å². The molecule has 1 aliphatic rings. The number of ether oxygens (including phenoxy) is 1. The molecule has 0 aromatic carbocycles. The average molecular weight is 255 g/mol. The smallest absolute Gasteiger partial charge is 0.323 e. The summed E-state index contributed by atoms with van der Waals surface area (Å²) in [5, 5.41) is 0. The third kappa shape index (κ3) is 3.98. The van der Waals surface area contributed by atoms with E-state index in [1.54, 1.807) is 0 Å². The molecule has 1 fully saturated rings. The van der Waals surface area contributed by atoms with Gasteiger partial charge in [0.2, 0.25) is 0 Å². The van der Waals surface area contributed by atoms with Crippen molar-refractivity contribution in [3.63, 3.8) is 0 Å². The van der Waals surface area contributed by atoms with Gasteiger partial charge in [-0.05, 0) is 50.6 Å². The Morgan fingerprint density at radius 3 is 2.22 bits per heavy atom. The molecule has 0 N–H and O–H groups in total. The lowest BCUT2D eigenvalue weighted by Gasteiger charge is -2.40. The quantitative estimate of drug-likeness (QED) is 0.723. The maximum absolute atomic E-state index is 11.9. The zero-order chi connectivity index (χ0) is 13.8. The number of piperidine rings is 1. The largest absolute Gasteiger partial charge is 0.465 e. The predicted molar refractivity (Wildman–Crippen MR) is 74.5 cm³/mol. The summed E-state index contributed by atoms with van der Waals surface area (Å²) in [7, 11) is 0. The number of hydrogen-bond donors (Lipinski definition) is 0. The predicted octanol–water partition coefficient (Wildman–Crippen LogP) is 3.09. The first kappa shape index (κ1) is 15.5. The van der Waals surface area contributed by atoms with Crippen molar-refractivity contribution in [3.05, 3.63) is 0 Å². The van der Waals surface area contributed by atoms with E-state index in [2.05, 4.69) is 32.6 Å². The number of hydrogen-bond acceptors (Lipinski definition) is 3. The van der Waals surface area contributed by atoms with Gasteiger partial charge in [-0.3, -0.25) is 9.69 Å². The van der Waals surface area contributed by atoms with Gasteiger partial charge in [0.25, 0.3) is 0 Å². The molecule has 1 rings (SSSR count). The van der Waals surface area contributed by atoms with Crippen LogP contribution >= 0.6 is 0 Å². The van der Waals surface area contributed by atoms with Gasteiger partial charge in [-0.1, -0.05) is 27.7 Å². The third-order valence-electron chi connectivity index (χ3n) is 4.14. The van der Waals surface area contributed by atoms with Gasteiger partial charge in [0.1, 0.15) is 6.04 Å². The van der Waals surface area contributed by atoms with E-state index in [4.69, 9.17) is 4.74 Å². The summed E-state index contributed by atoms with van der Waals surface area (Å²) >= 11 is 0. The Balaban J connectivity index is 2.52. The van der Waals surface area contributed by atoms with Gasteiger partial charge in [0, 0.05) is 0 Å². The second kappa shape index (κ2) is 6.55. The molecule has 0 radical (unpaired) electrons. The zero-order valence-corrected chi connectivity index (χ0v) is 12.7. The number of nitrogens with zero attached hydrogens (tertiary/aromatic N) is 1. The normalized spacial score (nSPS) is 20.7. The van der Waals surface area contributed by atoms with Crippen LogP contribution in [-0.4, -0.2) is 36.6 Å². The Hall–Kier alpha value is -0.570. The molecule has 3 heteroatoms. The zero-order valence-electron chi connectivity index (χ0n) is 12.7. The molecule has 1 heterocycles. The Bertz CT molecular complexity index is 262. The summed E-state index contributed by atoms with van der Waals surface area (Å²) in [6.07, 6.45) is 3.23. The second-order valence-corrected chi connectivity index (χ2v) is 6.35. The van der Waals surface area contributed by atoms with E-state index in [1.807, 2.05) is 6.92 Å². The van der Waals surface area contributed by atoms with E-state index >= 15 is 0 Å². The summed E-state index contributed by atoms with van der Waals surface area (Å²) in [6.45, 7) is 13.4. The minimum absolute atomic E-state index is 0.0362. The van der Waals surface area contributed by atoms with Crippen LogP contribution in [-0.2, 0) is 9.53 Å². The number of carbonyl (C=O) groups excluding carboxylic acids is 1. The van der Waals surface area contributed by atoms with Crippen molar-refractivity contribution >= 4 is 5.97 Å². The van der Waals surface area contributed by atoms with Crippen molar-refractivity contribution < 1.29 is 9.53 Å². The molecular weight excluding hydrogens is 226 g/mol. The van der Waals surface area contributed by atoms with Gasteiger partial charge in [0.15, 0.2) is 0 Å². The Morgan fingerprint density at radius 2 is 1.83 bits per heavy atom. The van der Waals surface area contributed by atoms with Crippen LogP contribution < -0.4 is 0 Å². The van der Waals surface area contributed by atoms with Crippen LogP contribution in [0.3, 0.4) is 0 Å². The Kier molecular flexibility index (Phi) is 5.64. The van der Waals surface area contributed by atoms with Crippen LogP contribution in [0.2, 0.25) is 0 Å². The van der Waals surface area contributed by atoms with Gasteiger partial charge in [-0.25, -0.2) is 0 Å². The molecule has 1 unspecified atom stereocenters. The molecule has 0 aromatic rings. The van der Waals surface area contributed by atoms with Gasteiger partial charge in [-0.2, -0.15) is 0 Å². The van der Waals surface area contributed by atoms with E-state index in [-0.39, 0.29) is 12.0 Å². The van der Waals surface area contributed by atoms with Gasteiger partial charge in [-0.15, -0.1) is 0 Å². The fourth-order valence-electron chi connectivity index (χ4n) is 2.89.